The van der Waals surface area contributed by atoms with Crippen LogP contribution in [0.15, 0.2) is 18.2 Å². The number of benzene rings is 1. The highest BCUT2D eigenvalue weighted by molar-refractivity contribution is 5.49. The molecule has 0 atom stereocenters. The molecule has 6 heteroatoms. The second kappa shape index (κ2) is 6.18. The lowest BCUT2D eigenvalue weighted by Crippen LogP contribution is -2.05. The van der Waals surface area contributed by atoms with Gasteiger partial charge in [-0.1, -0.05) is 13.8 Å². The largest absolute Gasteiger partial charge is 0.436 e. The number of nitrogens with zero attached hydrogens (tertiary/aromatic N) is 3. The highest BCUT2D eigenvalue weighted by Crippen LogP contribution is 2.28. The first-order chi connectivity index (χ1) is 10.1. The molecule has 0 saturated heterocycles. The zero-order chi connectivity index (χ0) is 15.4. The standard InChI is InChI=1S/C15H15FN4O/c1-3-10-11(8-17)15(20-19-14(10)4-2)21-9-5-6-13(18)12(16)7-9/h5-7H,3-4,18H2,1-2H3. The molecule has 108 valence electrons. The third-order valence-electron chi connectivity index (χ3n) is 3.11. The summed E-state index contributed by atoms with van der Waals surface area (Å²) >= 11 is 0. The van der Waals surface area contributed by atoms with Crippen LogP contribution < -0.4 is 10.5 Å². The van der Waals surface area contributed by atoms with E-state index in [-0.39, 0.29) is 17.3 Å². The van der Waals surface area contributed by atoms with Crippen molar-refractivity contribution in [2.24, 2.45) is 0 Å². The molecule has 1 heterocycles. The maximum atomic E-state index is 13.4. The fourth-order valence-corrected chi connectivity index (χ4v) is 2.02. The van der Waals surface area contributed by atoms with Gasteiger partial charge in [0, 0.05) is 6.07 Å². The Morgan fingerprint density at radius 3 is 2.62 bits per heavy atom. The normalized spacial score (nSPS) is 10.2. The lowest BCUT2D eigenvalue weighted by Gasteiger charge is -2.11. The van der Waals surface area contributed by atoms with Crippen molar-refractivity contribution in [2.75, 3.05) is 5.73 Å². The maximum absolute atomic E-state index is 13.4. The molecular weight excluding hydrogens is 271 g/mol. The molecule has 0 amide bonds. The average Bonchev–Trinajstić information content (AvgIpc) is 2.50. The van der Waals surface area contributed by atoms with Gasteiger partial charge in [0.15, 0.2) is 0 Å². The summed E-state index contributed by atoms with van der Waals surface area (Å²) < 4.78 is 18.9. The summed E-state index contributed by atoms with van der Waals surface area (Å²) in [6.45, 7) is 3.88. The third-order valence-corrected chi connectivity index (χ3v) is 3.11. The number of nitrogens with two attached hydrogens (primary N) is 1. The van der Waals surface area contributed by atoms with Crippen LogP contribution in [-0.2, 0) is 12.8 Å². The molecule has 0 aliphatic heterocycles. The van der Waals surface area contributed by atoms with E-state index in [1.54, 1.807) is 0 Å². The van der Waals surface area contributed by atoms with Gasteiger partial charge in [0.2, 0.25) is 0 Å². The SMILES string of the molecule is CCc1nnc(Oc2ccc(N)c(F)c2)c(C#N)c1CC. The van der Waals surface area contributed by atoms with Crippen molar-refractivity contribution in [1.82, 2.24) is 10.2 Å². The minimum Gasteiger partial charge on any atom is -0.436 e. The van der Waals surface area contributed by atoms with E-state index in [1.165, 1.54) is 12.1 Å². The van der Waals surface area contributed by atoms with Gasteiger partial charge in [-0.25, -0.2) is 4.39 Å². The van der Waals surface area contributed by atoms with E-state index in [2.05, 4.69) is 16.3 Å². The maximum Gasteiger partial charge on any atom is 0.257 e. The van der Waals surface area contributed by atoms with Gasteiger partial charge >= 0.3 is 0 Å². The number of nitriles is 1. The first-order valence-electron chi connectivity index (χ1n) is 6.62. The molecule has 0 aliphatic rings. The second-order valence-corrected chi connectivity index (χ2v) is 4.41. The molecule has 0 radical (unpaired) electrons. The number of ether oxygens (including phenoxy) is 1. The summed E-state index contributed by atoms with van der Waals surface area (Å²) in [6, 6.07) is 6.15. The van der Waals surface area contributed by atoms with Crippen molar-refractivity contribution in [1.29, 1.82) is 5.26 Å². The molecule has 5 nitrogen and oxygen atoms in total. The van der Waals surface area contributed by atoms with Crippen LogP contribution in [-0.4, -0.2) is 10.2 Å². The summed E-state index contributed by atoms with van der Waals surface area (Å²) in [4.78, 5) is 0. The van der Waals surface area contributed by atoms with Crippen LogP contribution in [0.5, 0.6) is 11.6 Å². The van der Waals surface area contributed by atoms with Gasteiger partial charge in [0.25, 0.3) is 5.88 Å². The third kappa shape index (κ3) is 2.92. The van der Waals surface area contributed by atoms with Gasteiger partial charge in [0.1, 0.15) is 23.2 Å². The Morgan fingerprint density at radius 1 is 1.29 bits per heavy atom. The average molecular weight is 286 g/mol. The van der Waals surface area contributed by atoms with Crippen molar-refractivity contribution < 1.29 is 9.13 Å². The number of nitrogen functional groups attached to an aromatic ring is 1. The summed E-state index contributed by atoms with van der Waals surface area (Å²) in [5.41, 5.74) is 7.35. The van der Waals surface area contributed by atoms with Crippen molar-refractivity contribution in [2.45, 2.75) is 26.7 Å². The molecule has 0 spiro atoms. The second-order valence-electron chi connectivity index (χ2n) is 4.41. The van der Waals surface area contributed by atoms with Crippen LogP contribution in [0.4, 0.5) is 10.1 Å². The summed E-state index contributed by atoms with van der Waals surface area (Å²) in [7, 11) is 0. The number of aryl methyl sites for hydroxylation is 1. The van der Waals surface area contributed by atoms with Crippen molar-refractivity contribution in [3.05, 3.63) is 40.8 Å². The number of halogens is 1. The summed E-state index contributed by atoms with van der Waals surface area (Å²) in [5, 5.41) is 17.3. The molecule has 0 aliphatic carbocycles. The number of rotatable bonds is 4. The van der Waals surface area contributed by atoms with Crippen LogP contribution in [0.2, 0.25) is 0 Å². The molecule has 0 saturated carbocycles. The van der Waals surface area contributed by atoms with E-state index >= 15 is 0 Å². The Hall–Kier alpha value is -2.68. The predicted molar refractivity (Wildman–Crippen MR) is 76.4 cm³/mol. The minimum absolute atomic E-state index is 0.0320. The van der Waals surface area contributed by atoms with Crippen molar-refractivity contribution >= 4 is 5.69 Å². The van der Waals surface area contributed by atoms with E-state index in [4.69, 9.17) is 10.5 Å². The highest BCUT2D eigenvalue weighted by Gasteiger charge is 2.16. The van der Waals surface area contributed by atoms with E-state index in [1.807, 2.05) is 13.8 Å². The van der Waals surface area contributed by atoms with E-state index in [0.717, 1.165) is 17.3 Å². The van der Waals surface area contributed by atoms with Crippen LogP contribution in [0.3, 0.4) is 0 Å². The molecule has 0 fully saturated rings. The minimum atomic E-state index is -0.583. The molecule has 2 aromatic rings. The van der Waals surface area contributed by atoms with E-state index < -0.39 is 5.82 Å². The lowest BCUT2D eigenvalue weighted by molar-refractivity contribution is 0.447. The molecule has 1 aromatic heterocycles. The molecule has 2 N–H and O–H groups in total. The number of aromatic nitrogens is 2. The van der Waals surface area contributed by atoms with Gasteiger partial charge < -0.3 is 10.5 Å². The number of hydrogen-bond donors (Lipinski definition) is 1. The number of anilines is 1. The molecule has 0 bridgehead atoms. The molecule has 1 aromatic carbocycles. The smallest absolute Gasteiger partial charge is 0.257 e. The topological polar surface area (TPSA) is 84.8 Å². The number of hydrogen-bond acceptors (Lipinski definition) is 5. The van der Waals surface area contributed by atoms with E-state index in [0.29, 0.717) is 18.4 Å². The summed E-state index contributed by atoms with van der Waals surface area (Å²) in [5.74, 6) is -0.283. The monoisotopic (exact) mass is 286 g/mol. The Bertz CT molecular complexity index is 710. The van der Waals surface area contributed by atoms with Crippen LogP contribution in [0, 0.1) is 17.1 Å². The Morgan fingerprint density at radius 2 is 2.05 bits per heavy atom. The Labute approximate surface area is 122 Å². The molecule has 21 heavy (non-hydrogen) atoms. The fraction of sp³-hybridized carbons (Fsp3) is 0.267. The highest BCUT2D eigenvalue weighted by atomic mass is 19.1. The summed E-state index contributed by atoms with van der Waals surface area (Å²) in [6.07, 6.45) is 1.33. The predicted octanol–water partition coefficient (Wildman–Crippen LogP) is 2.99. The van der Waals surface area contributed by atoms with Crippen molar-refractivity contribution in [3.63, 3.8) is 0 Å². The molecule has 0 unspecified atom stereocenters. The van der Waals surface area contributed by atoms with Gasteiger partial charge in [-0.05, 0) is 30.5 Å². The first-order valence-corrected chi connectivity index (χ1v) is 6.62. The van der Waals surface area contributed by atoms with Crippen LogP contribution in [0.1, 0.15) is 30.7 Å². The zero-order valence-electron chi connectivity index (χ0n) is 11.9. The van der Waals surface area contributed by atoms with Gasteiger partial charge in [-0.2, -0.15) is 10.4 Å². The molecule has 2 rings (SSSR count). The van der Waals surface area contributed by atoms with Crippen LogP contribution >= 0.6 is 0 Å². The zero-order valence-corrected chi connectivity index (χ0v) is 11.9. The van der Waals surface area contributed by atoms with E-state index in [9.17, 15) is 9.65 Å². The van der Waals surface area contributed by atoms with Crippen molar-refractivity contribution in [3.8, 4) is 17.7 Å². The molecular formula is C15H15FN4O. The van der Waals surface area contributed by atoms with Gasteiger partial charge in [-0.15, -0.1) is 5.10 Å². The fourth-order valence-electron chi connectivity index (χ4n) is 2.02. The van der Waals surface area contributed by atoms with Gasteiger partial charge in [-0.3, -0.25) is 0 Å². The lowest BCUT2D eigenvalue weighted by atomic mass is 10.0. The van der Waals surface area contributed by atoms with Gasteiger partial charge in [0.05, 0.1) is 11.4 Å². The van der Waals surface area contributed by atoms with Crippen LogP contribution in [0.25, 0.3) is 0 Å². The quantitative estimate of drug-likeness (QED) is 0.873. The Kier molecular flexibility index (Phi) is 4.33. The first kappa shape index (κ1) is 14.7. The Balaban J connectivity index is 2.44.